The van der Waals surface area contributed by atoms with Gasteiger partial charge < -0.3 is 5.32 Å². The number of carbonyl (C=O) groups is 3. The van der Waals surface area contributed by atoms with Crippen molar-refractivity contribution in [3.63, 3.8) is 0 Å². The molecular formula is C22H16F2N2O3. The van der Waals surface area contributed by atoms with E-state index in [-0.39, 0.29) is 19.4 Å². The van der Waals surface area contributed by atoms with Crippen LogP contribution in [0.3, 0.4) is 0 Å². The number of hydrogen-bond donors (Lipinski definition) is 1. The van der Waals surface area contributed by atoms with Gasteiger partial charge in [0.05, 0.1) is 0 Å². The average Bonchev–Trinajstić information content (AvgIpc) is 2.71. The Morgan fingerprint density at radius 3 is 2.00 bits per heavy atom. The van der Waals surface area contributed by atoms with Gasteiger partial charge in [-0.3, -0.25) is 19.3 Å². The van der Waals surface area contributed by atoms with Crippen molar-refractivity contribution >= 4 is 34.2 Å². The number of anilines is 1. The van der Waals surface area contributed by atoms with Crippen LogP contribution in [0.15, 0.2) is 54.6 Å². The maximum atomic E-state index is 13.6. The lowest BCUT2D eigenvalue weighted by Crippen LogP contribution is -2.41. The molecule has 0 spiro atoms. The highest BCUT2D eigenvalue weighted by Gasteiger charge is 2.32. The first-order valence-corrected chi connectivity index (χ1v) is 9.09. The van der Waals surface area contributed by atoms with Crippen LogP contribution in [0.5, 0.6) is 0 Å². The van der Waals surface area contributed by atoms with E-state index < -0.39 is 35.0 Å². The number of hydrogen-bond acceptors (Lipinski definition) is 3. The molecule has 0 aliphatic carbocycles. The predicted octanol–water partition coefficient (Wildman–Crippen LogP) is 4.13. The number of rotatable bonds is 5. The van der Waals surface area contributed by atoms with Gasteiger partial charge in [0.15, 0.2) is 0 Å². The fourth-order valence-corrected chi connectivity index (χ4v) is 3.50. The van der Waals surface area contributed by atoms with E-state index >= 15 is 0 Å². The first-order chi connectivity index (χ1) is 14.0. The summed E-state index contributed by atoms with van der Waals surface area (Å²) in [5.41, 5.74) is 0.370. The Balaban J connectivity index is 1.45. The highest BCUT2D eigenvalue weighted by Crippen LogP contribution is 2.30. The van der Waals surface area contributed by atoms with Crippen LogP contribution in [-0.4, -0.2) is 29.2 Å². The van der Waals surface area contributed by atoms with Crippen LogP contribution in [0.4, 0.5) is 14.5 Å². The van der Waals surface area contributed by atoms with Crippen LogP contribution in [0.25, 0.3) is 10.8 Å². The van der Waals surface area contributed by atoms with Crippen LogP contribution in [0.1, 0.15) is 33.6 Å². The number of carbonyl (C=O) groups excluding carboxylic acids is 3. The van der Waals surface area contributed by atoms with Crippen molar-refractivity contribution in [3.05, 3.63) is 77.4 Å². The maximum absolute atomic E-state index is 13.6. The smallest absolute Gasteiger partial charge is 0.261 e. The van der Waals surface area contributed by atoms with Crippen LogP contribution in [0.2, 0.25) is 0 Å². The molecule has 0 saturated carbocycles. The number of benzene rings is 3. The summed E-state index contributed by atoms with van der Waals surface area (Å²) in [6.45, 7) is 0.0234. The predicted molar refractivity (Wildman–Crippen MR) is 104 cm³/mol. The lowest BCUT2D eigenvalue weighted by Gasteiger charge is -2.27. The summed E-state index contributed by atoms with van der Waals surface area (Å²) in [5.74, 6) is -3.18. The van der Waals surface area contributed by atoms with Gasteiger partial charge in [-0.25, -0.2) is 8.78 Å². The van der Waals surface area contributed by atoms with E-state index in [0.717, 1.165) is 22.4 Å². The first kappa shape index (κ1) is 18.7. The molecule has 29 heavy (non-hydrogen) atoms. The Labute approximate surface area is 164 Å². The highest BCUT2D eigenvalue weighted by molar-refractivity contribution is 6.25. The van der Waals surface area contributed by atoms with Gasteiger partial charge >= 0.3 is 0 Å². The Bertz CT molecular complexity index is 1090. The molecule has 0 saturated heterocycles. The summed E-state index contributed by atoms with van der Waals surface area (Å²) >= 11 is 0. The molecule has 0 radical (unpaired) electrons. The summed E-state index contributed by atoms with van der Waals surface area (Å²) in [6.07, 6.45) is 0.0637. The van der Waals surface area contributed by atoms with Gasteiger partial charge in [0.1, 0.15) is 17.3 Å². The number of halogens is 2. The molecule has 0 atom stereocenters. The molecule has 0 aromatic heterocycles. The zero-order valence-electron chi connectivity index (χ0n) is 15.2. The maximum Gasteiger partial charge on any atom is 0.261 e. The number of para-hydroxylation sites is 1. The number of nitrogens with zero attached hydrogens (tertiary/aromatic N) is 1. The zero-order chi connectivity index (χ0) is 20.5. The standard InChI is InChI=1S/C22H16F2N2O3/c23-16-9-3-10-17(24)20(16)25-18(27)11-4-12-26-21(28)14-7-1-5-13-6-2-8-15(19(13)14)22(26)29/h1-3,5-10H,4,11-12H2,(H,25,27). The molecule has 0 bridgehead atoms. The van der Waals surface area contributed by atoms with Crippen molar-refractivity contribution in [2.75, 3.05) is 11.9 Å². The summed E-state index contributed by atoms with van der Waals surface area (Å²) < 4.78 is 27.2. The lowest BCUT2D eigenvalue weighted by atomic mass is 9.94. The van der Waals surface area contributed by atoms with E-state index in [1.54, 1.807) is 24.3 Å². The molecule has 7 heteroatoms. The molecule has 0 fully saturated rings. The van der Waals surface area contributed by atoms with Crippen LogP contribution < -0.4 is 5.32 Å². The SMILES string of the molecule is O=C(CCCN1C(=O)c2cccc3cccc(c23)C1=O)Nc1c(F)cccc1F. The Hall–Kier alpha value is -3.61. The number of nitrogens with one attached hydrogen (secondary N) is 1. The molecular weight excluding hydrogens is 378 g/mol. The fraction of sp³-hybridized carbons (Fsp3) is 0.136. The van der Waals surface area contributed by atoms with Crippen molar-refractivity contribution in [3.8, 4) is 0 Å². The van der Waals surface area contributed by atoms with Gasteiger partial charge in [0.2, 0.25) is 5.91 Å². The molecule has 1 N–H and O–H groups in total. The van der Waals surface area contributed by atoms with Crippen LogP contribution in [0, 0.1) is 11.6 Å². The third kappa shape index (κ3) is 3.35. The second-order valence-corrected chi connectivity index (χ2v) is 6.72. The molecule has 4 rings (SSSR count). The summed E-state index contributed by atoms with van der Waals surface area (Å²) in [7, 11) is 0. The summed E-state index contributed by atoms with van der Waals surface area (Å²) in [4.78, 5) is 38.7. The van der Waals surface area contributed by atoms with Crippen molar-refractivity contribution in [1.29, 1.82) is 0 Å². The monoisotopic (exact) mass is 394 g/mol. The van der Waals surface area contributed by atoms with Crippen molar-refractivity contribution in [2.45, 2.75) is 12.8 Å². The molecule has 3 aromatic rings. The van der Waals surface area contributed by atoms with Gasteiger partial charge in [-0.05, 0) is 36.1 Å². The van der Waals surface area contributed by atoms with Crippen molar-refractivity contribution in [1.82, 2.24) is 4.90 Å². The summed E-state index contributed by atoms with van der Waals surface area (Å²) in [5, 5.41) is 3.64. The Kier molecular flexibility index (Phi) is 4.80. The molecule has 3 aromatic carbocycles. The van der Waals surface area contributed by atoms with E-state index in [4.69, 9.17) is 0 Å². The van der Waals surface area contributed by atoms with Crippen LogP contribution in [-0.2, 0) is 4.79 Å². The number of imide groups is 1. The molecule has 1 heterocycles. The van der Waals surface area contributed by atoms with Gasteiger partial charge in [-0.1, -0.05) is 30.3 Å². The lowest BCUT2D eigenvalue weighted by molar-refractivity contribution is -0.116. The van der Waals surface area contributed by atoms with E-state index in [2.05, 4.69) is 5.32 Å². The second-order valence-electron chi connectivity index (χ2n) is 6.72. The van der Waals surface area contributed by atoms with Gasteiger partial charge in [-0.2, -0.15) is 0 Å². The first-order valence-electron chi connectivity index (χ1n) is 9.09. The molecule has 1 aliphatic rings. The van der Waals surface area contributed by atoms with E-state index in [0.29, 0.717) is 16.5 Å². The third-order valence-electron chi connectivity index (χ3n) is 4.87. The topological polar surface area (TPSA) is 66.5 Å². The molecule has 0 unspecified atom stereocenters. The van der Waals surface area contributed by atoms with Gasteiger partial charge in [-0.15, -0.1) is 0 Å². The second kappa shape index (κ2) is 7.43. The largest absolute Gasteiger partial charge is 0.321 e. The molecule has 1 aliphatic heterocycles. The normalized spacial score (nSPS) is 13.1. The average molecular weight is 394 g/mol. The van der Waals surface area contributed by atoms with E-state index in [9.17, 15) is 23.2 Å². The number of amides is 3. The molecule has 3 amide bonds. The third-order valence-corrected chi connectivity index (χ3v) is 4.87. The Morgan fingerprint density at radius 2 is 1.41 bits per heavy atom. The highest BCUT2D eigenvalue weighted by atomic mass is 19.1. The quantitative estimate of drug-likeness (QED) is 0.662. The van der Waals surface area contributed by atoms with E-state index in [1.807, 2.05) is 12.1 Å². The van der Waals surface area contributed by atoms with Crippen molar-refractivity contribution in [2.24, 2.45) is 0 Å². The van der Waals surface area contributed by atoms with Crippen LogP contribution >= 0.6 is 0 Å². The molecule has 5 nitrogen and oxygen atoms in total. The minimum Gasteiger partial charge on any atom is -0.321 e. The van der Waals surface area contributed by atoms with Gasteiger partial charge in [0, 0.05) is 29.5 Å². The summed E-state index contributed by atoms with van der Waals surface area (Å²) in [6, 6.07) is 13.8. The fourth-order valence-electron chi connectivity index (χ4n) is 3.50. The molecule has 146 valence electrons. The van der Waals surface area contributed by atoms with Gasteiger partial charge in [0.25, 0.3) is 11.8 Å². The van der Waals surface area contributed by atoms with Crippen molar-refractivity contribution < 1.29 is 23.2 Å². The van der Waals surface area contributed by atoms with E-state index in [1.165, 1.54) is 6.07 Å². The minimum absolute atomic E-state index is 0.0234. The minimum atomic E-state index is -0.871. The Morgan fingerprint density at radius 1 is 0.862 bits per heavy atom. The zero-order valence-corrected chi connectivity index (χ0v) is 15.2.